The van der Waals surface area contributed by atoms with Crippen molar-refractivity contribution in [3.8, 4) is 5.75 Å². The fourth-order valence-corrected chi connectivity index (χ4v) is 5.47. The number of nitrogen functional groups attached to an aromatic ring is 1. The molecule has 15 nitrogen and oxygen atoms in total. The lowest BCUT2D eigenvalue weighted by molar-refractivity contribution is -0.228. The maximum absolute atomic E-state index is 13.3. The number of ketones is 1. The highest BCUT2D eigenvalue weighted by Crippen LogP contribution is 2.40. The number of aliphatic imine (C=N–C) groups is 1. The van der Waals surface area contributed by atoms with E-state index in [0.29, 0.717) is 42.6 Å². The number of hydroxylamine groups is 2. The third-order valence-electron chi connectivity index (χ3n) is 6.67. The highest BCUT2D eigenvalue weighted by Gasteiger charge is 2.57. The van der Waals surface area contributed by atoms with Crippen LogP contribution < -0.4 is 21.9 Å². The van der Waals surface area contributed by atoms with Crippen molar-refractivity contribution >= 4 is 50.1 Å². The second-order valence-corrected chi connectivity index (χ2v) is 11.8. The number of benzene rings is 1. The highest BCUT2D eigenvalue weighted by molar-refractivity contribution is 7.80. The number of nitrogens with two attached hydrogens (primary N) is 3. The molecule has 2 aromatic rings. The van der Waals surface area contributed by atoms with Crippen LogP contribution in [0.4, 0.5) is 5.13 Å². The van der Waals surface area contributed by atoms with Crippen LogP contribution >= 0.6 is 11.3 Å². The molecule has 41 heavy (non-hydrogen) atoms. The van der Waals surface area contributed by atoms with E-state index in [0.717, 1.165) is 22.5 Å². The summed E-state index contributed by atoms with van der Waals surface area (Å²) in [5.41, 5.74) is 17.8. The minimum Gasteiger partial charge on any atom is -0.486 e. The minimum absolute atomic E-state index is 0.0293. The van der Waals surface area contributed by atoms with Crippen molar-refractivity contribution < 1.29 is 36.4 Å². The second kappa shape index (κ2) is 12.1. The molecule has 0 bridgehead atoms. The van der Waals surface area contributed by atoms with E-state index in [1.165, 1.54) is 19.2 Å². The lowest BCUT2D eigenvalue weighted by atomic mass is 9.74. The molecule has 2 aliphatic heterocycles. The summed E-state index contributed by atoms with van der Waals surface area (Å²) in [6.07, 6.45) is 0.619. The van der Waals surface area contributed by atoms with E-state index >= 15 is 0 Å². The van der Waals surface area contributed by atoms with Gasteiger partial charge >= 0.3 is 10.4 Å². The number of ether oxygens (including phenoxy) is 1. The molecular weight excluding hydrogens is 578 g/mol. The number of amidine groups is 1. The molecule has 17 heteroatoms. The lowest BCUT2D eigenvalue weighted by Crippen LogP contribution is -2.68. The van der Waals surface area contributed by atoms with Crippen molar-refractivity contribution in [3.63, 3.8) is 0 Å². The zero-order chi connectivity index (χ0) is 29.9. The predicted molar refractivity (Wildman–Crippen MR) is 150 cm³/mol. The van der Waals surface area contributed by atoms with E-state index in [1.54, 1.807) is 0 Å². The van der Waals surface area contributed by atoms with Gasteiger partial charge < -0.3 is 26.8 Å². The number of carbonyl (C=O) groups is 2. The fourth-order valence-electron chi connectivity index (χ4n) is 4.47. The molecule has 1 aromatic carbocycles. The topological polar surface area (TPSA) is 235 Å². The first kappa shape index (κ1) is 30.3. The van der Waals surface area contributed by atoms with Crippen LogP contribution in [0.5, 0.6) is 5.75 Å². The number of nitrogens with zero attached hydrogens (tertiary/aromatic N) is 4. The van der Waals surface area contributed by atoms with Crippen molar-refractivity contribution in [1.82, 2.24) is 10.0 Å². The van der Waals surface area contributed by atoms with E-state index in [-0.39, 0.29) is 35.7 Å². The number of rotatable bonds is 12. The van der Waals surface area contributed by atoms with Crippen molar-refractivity contribution in [2.75, 3.05) is 25.4 Å². The summed E-state index contributed by atoms with van der Waals surface area (Å²) >= 11 is 1.10. The van der Waals surface area contributed by atoms with Crippen molar-refractivity contribution in [2.24, 2.45) is 27.5 Å². The third-order valence-corrected chi connectivity index (χ3v) is 7.69. The van der Waals surface area contributed by atoms with Gasteiger partial charge in [0.25, 0.3) is 5.91 Å². The summed E-state index contributed by atoms with van der Waals surface area (Å²) in [5, 5.41) is 6.27. The molecule has 2 unspecified atom stereocenters. The Bertz CT molecular complexity index is 1490. The number of β-lactam (4-membered cyclic amide) rings is 1. The number of anilines is 1. The van der Waals surface area contributed by atoms with Crippen LogP contribution in [-0.2, 0) is 35.5 Å². The Balaban J connectivity index is 1.42. The summed E-state index contributed by atoms with van der Waals surface area (Å²) < 4.78 is 41.5. The lowest BCUT2D eigenvalue weighted by Gasteiger charge is -2.50. The van der Waals surface area contributed by atoms with E-state index in [2.05, 4.69) is 19.4 Å². The van der Waals surface area contributed by atoms with E-state index < -0.39 is 33.5 Å². The number of thiazole rings is 1. The van der Waals surface area contributed by atoms with Crippen molar-refractivity contribution in [3.05, 3.63) is 40.4 Å². The number of Topliss-reactive ketones (excluding diaryl/α,β-unsaturated/α-hetero) is 1. The average Bonchev–Trinajstić information content (AvgIpc) is 3.35. The monoisotopic (exact) mass is 609 g/mol. The number of carbonyl (C=O) groups excluding carboxylic acids is 2. The molecule has 2 aliphatic rings. The first-order valence-electron chi connectivity index (χ1n) is 12.6. The zero-order valence-corrected chi connectivity index (χ0v) is 24.0. The Hall–Kier alpha value is -3.64. The Morgan fingerprint density at radius 1 is 1.37 bits per heavy atom. The minimum atomic E-state index is -4.92. The fraction of sp³-hybridized carbons (Fsp3) is 0.458. The Labute approximate surface area is 240 Å². The molecule has 2 atom stereocenters. The molecule has 7 N–H and O–H groups in total. The van der Waals surface area contributed by atoms with E-state index in [4.69, 9.17) is 31.3 Å². The van der Waals surface area contributed by atoms with Crippen LogP contribution in [0.2, 0.25) is 0 Å². The normalized spacial score (nSPS) is 20.7. The second-order valence-electron chi connectivity index (χ2n) is 9.93. The van der Waals surface area contributed by atoms with Crippen LogP contribution in [0, 0.1) is 5.92 Å². The number of hydrogen-bond donors (Lipinski definition) is 4. The van der Waals surface area contributed by atoms with Gasteiger partial charge in [-0.1, -0.05) is 5.16 Å². The smallest absolute Gasteiger partial charge is 0.418 e. The van der Waals surface area contributed by atoms with Gasteiger partial charge in [0, 0.05) is 23.9 Å². The van der Waals surface area contributed by atoms with E-state index in [1.807, 2.05) is 18.2 Å². The van der Waals surface area contributed by atoms with Gasteiger partial charge in [-0.05, 0) is 50.5 Å². The number of aromatic nitrogens is 1. The standard InChI is InChI=1S/C24H31N7O8S2/c1-24(2)16(22(33)31(24)39-41(34,35)36)10-18(32)20(17-12-40-23(27)29-17)30-37-11-15-5-3-13-9-14(4-6-19(13)38-15)21(26)28-8-7-25/h4,6,9,12,15-16H,3,5,7-8,10-11,25H2,1-2H3,(H2,26,28)(H2,27,29)(H,34,35,36)/b30-20-. The number of amides is 1. The molecule has 0 radical (unpaired) electrons. The van der Waals surface area contributed by atoms with Gasteiger partial charge in [0.15, 0.2) is 23.2 Å². The van der Waals surface area contributed by atoms with Crippen LogP contribution in [0.25, 0.3) is 0 Å². The molecule has 1 saturated heterocycles. The number of fused-ring (bicyclic) bond motifs is 1. The third kappa shape index (κ3) is 6.99. The summed E-state index contributed by atoms with van der Waals surface area (Å²) in [6, 6.07) is 5.55. The number of aryl methyl sites for hydroxylation is 1. The summed E-state index contributed by atoms with van der Waals surface area (Å²) in [4.78, 5) is 39.6. The number of hydrogen-bond acceptors (Lipinski definition) is 13. The van der Waals surface area contributed by atoms with Gasteiger partial charge in [-0.15, -0.1) is 15.6 Å². The largest absolute Gasteiger partial charge is 0.486 e. The molecule has 222 valence electrons. The first-order chi connectivity index (χ1) is 19.3. The highest BCUT2D eigenvalue weighted by atomic mass is 32.3. The zero-order valence-electron chi connectivity index (χ0n) is 22.3. The van der Waals surface area contributed by atoms with Crippen LogP contribution in [-0.4, -0.2) is 77.6 Å². The Morgan fingerprint density at radius 2 is 2.12 bits per heavy atom. The van der Waals surface area contributed by atoms with Gasteiger partial charge in [-0.2, -0.15) is 13.5 Å². The van der Waals surface area contributed by atoms with Gasteiger partial charge in [0.2, 0.25) is 0 Å². The Kier molecular flexibility index (Phi) is 8.93. The van der Waals surface area contributed by atoms with Crippen LogP contribution in [0.1, 0.15) is 43.5 Å². The molecule has 1 aromatic heterocycles. The van der Waals surface area contributed by atoms with Gasteiger partial charge in [-0.3, -0.25) is 19.1 Å². The summed E-state index contributed by atoms with van der Waals surface area (Å²) in [7, 11) is -4.92. The van der Waals surface area contributed by atoms with E-state index in [9.17, 15) is 18.0 Å². The average molecular weight is 610 g/mol. The summed E-state index contributed by atoms with van der Waals surface area (Å²) in [5.74, 6) is -1.23. The summed E-state index contributed by atoms with van der Waals surface area (Å²) in [6.45, 7) is 3.86. The molecule has 0 saturated carbocycles. The molecular formula is C24H31N7O8S2. The molecule has 0 aliphatic carbocycles. The Morgan fingerprint density at radius 3 is 2.76 bits per heavy atom. The van der Waals surface area contributed by atoms with Gasteiger partial charge in [0.1, 0.15) is 23.4 Å². The quantitative estimate of drug-likeness (QED) is 0.0843. The maximum Gasteiger partial charge on any atom is 0.418 e. The van der Waals surface area contributed by atoms with Crippen molar-refractivity contribution in [2.45, 2.75) is 44.8 Å². The molecule has 3 heterocycles. The molecule has 1 fully saturated rings. The maximum atomic E-state index is 13.3. The van der Waals surface area contributed by atoms with Gasteiger partial charge in [0.05, 0.1) is 18.0 Å². The molecule has 4 rings (SSSR count). The van der Waals surface area contributed by atoms with Gasteiger partial charge in [-0.25, -0.2) is 4.98 Å². The van der Waals surface area contributed by atoms with Crippen LogP contribution in [0.3, 0.4) is 0 Å². The molecule has 1 amide bonds. The SMILES string of the molecule is CC1(C)C(CC(=O)/C(=N\OCC2CCc3cc(C(N)=NCCN)ccc3O2)c2csc(N)n2)C(=O)N1OS(=O)(=O)O. The predicted octanol–water partition coefficient (Wildman–Crippen LogP) is 0.434. The first-order valence-corrected chi connectivity index (χ1v) is 14.8. The number of oxime groups is 1. The van der Waals surface area contributed by atoms with Crippen molar-refractivity contribution in [1.29, 1.82) is 0 Å². The molecule has 0 spiro atoms. The van der Waals surface area contributed by atoms with Crippen LogP contribution in [0.15, 0.2) is 33.7 Å².